The quantitative estimate of drug-likeness (QED) is 0.219. The van der Waals surface area contributed by atoms with Crippen LogP contribution in [0.3, 0.4) is 0 Å². The Morgan fingerprint density at radius 1 is 0.500 bits per heavy atom. The third-order valence-corrected chi connectivity index (χ3v) is 5.96. The maximum atomic E-state index is 9.07. The molecule has 2 heteroatoms. The van der Waals surface area contributed by atoms with E-state index < -0.39 is 0 Å². The third kappa shape index (κ3) is 3.95. The van der Waals surface area contributed by atoms with Gasteiger partial charge in [0.1, 0.15) is 0 Å². The maximum Gasteiger partial charge on any atom is 0.0442 e. The first kappa shape index (κ1) is 19.9. The predicted octanol–water partition coefficient (Wildman–Crippen LogP) is 7.21. The number of rotatable bonds is 6. The van der Waals surface area contributed by atoms with Gasteiger partial charge in [0.25, 0.3) is 0 Å². The molecule has 0 spiro atoms. The van der Waals surface area contributed by atoms with Crippen LogP contribution in [0.2, 0.25) is 0 Å². The van der Waals surface area contributed by atoms with Gasteiger partial charge in [0.05, 0.1) is 0 Å². The second kappa shape index (κ2) is 8.60. The standard InChI is InChI=1S/C30H24N2/c31-28(17-21-9-3-1-4-10-21)26-16-15-25-19-23-13-7-8-14-24(23)20-27(25)30(26)29(32)18-22-11-5-2-6-12-22/h1-16,19-20,31-32H,17-18H2. The number of fused-ring (bicyclic) bond motifs is 2. The van der Waals surface area contributed by atoms with Crippen LogP contribution in [0.15, 0.2) is 109 Å². The molecule has 0 atom stereocenters. The molecule has 0 heterocycles. The van der Waals surface area contributed by atoms with E-state index in [0.29, 0.717) is 24.3 Å². The van der Waals surface area contributed by atoms with Gasteiger partial charge in [-0.3, -0.25) is 0 Å². The van der Waals surface area contributed by atoms with Gasteiger partial charge in [0.15, 0.2) is 0 Å². The number of hydrogen-bond donors (Lipinski definition) is 2. The lowest BCUT2D eigenvalue weighted by molar-refractivity contribution is 1.25. The molecule has 0 aliphatic heterocycles. The van der Waals surface area contributed by atoms with Crippen molar-refractivity contribution >= 4 is 33.0 Å². The highest BCUT2D eigenvalue weighted by Gasteiger charge is 2.17. The van der Waals surface area contributed by atoms with Crippen LogP contribution in [-0.2, 0) is 12.8 Å². The van der Waals surface area contributed by atoms with Crippen LogP contribution >= 0.6 is 0 Å². The van der Waals surface area contributed by atoms with Gasteiger partial charge in [-0.25, -0.2) is 0 Å². The van der Waals surface area contributed by atoms with Crippen molar-refractivity contribution in [1.29, 1.82) is 10.8 Å². The Bertz CT molecular complexity index is 1430. The Morgan fingerprint density at radius 2 is 1.03 bits per heavy atom. The van der Waals surface area contributed by atoms with E-state index in [0.717, 1.165) is 38.4 Å². The Hall–Kier alpha value is -4.04. The minimum atomic E-state index is 0.540. The van der Waals surface area contributed by atoms with Crippen molar-refractivity contribution in [3.8, 4) is 0 Å². The minimum Gasteiger partial charge on any atom is -0.304 e. The average Bonchev–Trinajstić information content (AvgIpc) is 2.83. The summed E-state index contributed by atoms with van der Waals surface area (Å²) >= 11 is 0. The van der Waals surface area contributed by atoms with E-state index in [4.69, 9.17) is 10.8 Å². The lowest BCUT2D eigenvalue weighted by Crippen LogP contribution is -2.14. The third-order valence-electron chi connectivity index (χ3n) is 5.96. The Labute approximate surface area is 188 Å². The van der Waals surface area contributed by atoms with Crippen molar-refractivity contribution in [1.82, 2.24) is 0 Å². The van der Waals surface area contributed by atoms with Gasteiger partial charge in [-0.1, -0.05) is 97.1 Å². The molecule has 0 radical (unpaired) electrons. The molecule has 0 fully saturated rings. The van der Waals surface area contributed by atoms with E-state index in [2.05, 4.69) is 60.7 Å². The molecule has 0 aromatic heterocycles. The van der Waals surface area contributed by atoms with Gasteiger partial charge in [-0.15, -0.1) is 0 Å². The summed E-state index contributed by atoms with van der Waals surface area (Å²) in [6.07, 6.45) is 1.09. The molecule has 5 aromatic rings. The van der Waals surface area contributed by atoms with Gasteiger partial charge >= 0.3 is 0 Å². The molecule has 0 bridgehead atoms. The van der Waals surface area contributed by atoms with Gasteiger partial charge in [-0.05, 0) is 44.8 Å². The van der Waals surface area contributed by atoms with Gasteiger partial charge < -0.3 is 10.8 Å². The molecule has 0 amide bonds. The molecule has 32 heavy (non-hydrogen) atoms. The van der Waals surface area contributed by atoms with Gasteiger partial charge in [0, 0.05) is 35.4 Å². The van der Waals surface area contributed by atoms with Crippen LogP contribution in [-0.4, -0.2) is 11.4 Å². The second-order valence-electron chi connectivity index (χ2n) is 8.19. The summed E-state index contributed by atoms with van der Waals surface area (Å²) in [5.74, 6) is 0. The molecule has 0 aliphatic carbocycles. The van der Waals surface area contributed by atoms with E-state index in [9.17, 15) is 0 Å². The predicted molar refractivity (Wildman–Crippen MR) is 135 cm³/mol. The van der Waals surface area contributed by atoms with E-state index in [1.165, 1.54) is 5.39 Å². The second-order valence-corrected chi connectivity index (χ2v) is 8.19. The maximum absolute atomic E-state index is 9.07. The molecule has 0 saturated heterocycles. The zero-order valence-corrected chi connectivity index (χ0v) is 17.8. The largest absolute Gasteiger partial charge is 0.304 e. The molecule has 0 unspecified atom stereocenters. The van der Waals surface area contributed by atoms with E-state index in [1.807, 2.05) is 48.5 Å². The number of nitrogens with one attached hydrogen (secondary N) is 2. The van der Waals surface area contributed by atoms with Crippen molar-refractivity contribution in [3.63, 3.8) is 0 Å². The Kier molecular flexibility index (Phi) is 5.35. The summed E-state index contributed by atoms with van der Waals surface area (Å²) < 4.78 is 0. The molecule has 5 rings (SSSR count). The van der Waals surface area contributed by atoms with Crippen LogP contribution in [0.1, 0.15) is 22.3 Å². The Morgan fingerprint density at radius 3 is 1.66 bits per heavy atom. The molecular weight excluding hydrogens is 388 g/mol. The molecular formula is C30H24N2. The molecule has 2 N–H and O–H groups in total. The SMILES string of the molecule is N=C(Cc1ccccc1)c1ccc2cc3ccccc3cc2c1C(=N)Cc1ccccc1. The molecule has 5 aromatic carbocycles. The van der Waals surface area contributed by atoms with Crippen LogP contribution in [0.25, 0.3) is 21.5 Å². The van der Waals surface area contributed by atoms with Gasteiger partial charge in [-0.2, -0.15) is 0 Å². The summed E-state index contributed by atoms with van der Waals surface area (Å²) in [5.41, 5.74) is 5.02. The molecule has 2 nitrogen and oxygen atoms in total. The average molecular weight is 413 g/mol. The van der Waals surface area contributed by atoms with Gasteiger partial charge in [0.2, 0.25) is 0 Å². The van der Waals surface area contributed by atoms with Crippen molar-refractivity contribution < 1.29 is 0 Å². The summed E-state index contributed by atoms with van der Waals surface area (Å²) in [4.78, 5) is 0. The first-order valence-corrected chi connectivity index (χ1v) is 10.9. The Balaban J connectivity index is 1.66. The summed E-state index contributed by atoms with van der Waals surface area (Å²) in [7, 11) is 0. The fraction of sp³-hybridized carbons (Fsp3) is 0.0667. The van der Waals surface area contributed by atoms with Crippen LogP contribution in [0, 0.1) is 10.8 Å². The van der Waals surface area contributed by atoms with Crippen LogP contribution in [0.5, 0.6) is 0 Å². The van der Waals surface area contributed by atoms with Crippen LogP contribution in [0.4, 0.5) is 0 Å². The summed E-state index contributed by atoms with van der Waals surface area (Å²) in [5, 5.41) is 22.5. The lowest BCUT2D eigenvalue weighted by Gasteiger charge is -2.16. The van der Waals surface area contributed by atoms with E-state index in [1.54, 1.807) is 0 Å². The monoisotopic (exact) mass is 412 g/mol. The van der Waals surface area contributed by atoms with E-state index in [-0.39, 0.29) is 0 Å². The fourth-order valence-corrected chi connectivity index (χ4v) is 4.37. The number of hydrogen-bond acceptors (Lipinski definition) is 2. The molecule has 0 saturated carbocycles. The van der Waals surface area contributed by atoms with Crippen molar-refractivity contribution in [2.45, 2.75) is 12.8 Å². The summed E-state index contributed by atoms with van der Waals surface area (Å²) in [6, 6.07) is 37.1. The van der Waals surface area contributed by atoms with Crippen LogP contribution < -0.4 is 0 Å². The zero-order valence-electron chi connectivity index (χ0n) is 17.8. The van der Waals surface area contributed by atoms with Crippen molar-refractivity contribution in [2.75, 3.05) is 0 Å². The first-order valence-electron chi connectivity index (χ1n) is 10.9. The fourth-order valence-electron chi connectivity index (χ4n) is 4.37. The molecule has 154 valence electrons. The first-order chi connectivity index (χ1) is 15.7. The van der Waals surface area contributed by atoms with E-state index >= 15 is 0 Å². The van der Waals surface area contributed by atoms with Crippen molar-refractivity contribution in [2.24, 2.45) is 0 Å². The highest BCUT2D eigenvalue weighted by molar-refractivity contribution is 6.20. The highest BCUT2D eigenvalue weighted by Crippen LogP contribution is 2.29. The topological polar surface area (TPSA) is 47.7 Å². The molecule has 0 aliphatic rings. The minimum absolute atomic E-state index is 0.540. The lowest BCUT2D eigenvalue weighted by atomic mass is 9.88. The zero-order chi connectivity index (χ0) is 21.9. The highest BCUT2D eigenvalue weighted by atomic mass is 14.5. The smallest absolute Gasteiger partial charge is 0.0442 e. The number of benzene rings is 5. The summed E-state index contributed by atoms with van der Waals surface area (Å²) in [6.45, 7) is 0. The van der Waals surface area contributed by atoms with Crippen molar-refractivity contribution in [3.05, 3.63) is 131 Å². The normalized spacial score (nSPS) is 11.0.